The standard InChI is InChI=1S/C19H28F3N3O2.ClH/c1-18(2,12-14-6-4-5-7-15(14)27-3)17(26)24-13-16(19(20,21)22)25-10-8-23-9-11-25;/h4-7,16,23H,8-13H2,1-3H3,(H,24,26);1H. The zero-order valence-electron chi connectivity index (χ0n) is 16.4. The van der Waals surface area contributed by atoms with Crippen LogP contribution in [0.4, 0.5) is 13.2 Å². The molecule has 1 aliphatic rings. The van der Waals surface area contributed by atoms with Crippen LogP contribution in [0.1, 0.15) is 19.4 Å². The Morgan fingerprint density at radius 2 is 1.86 bits per heavy atom. The van der Waals surface area contributed by atoms with Gasteiger partial charge in [-0.15, -0.1) is 12.4 Å². The molecule has 9 heteroatoms. The van der Waals surface area contributed by atoms with Gasteiger partial charge >= 0.3 is 6.18 Å². The number of alkyl halides is 3. The van der Waals surface area contributed by atoms with E-state index in [0.717, 1.165) is 5.56 Å². The molecule has 1 aliphatic heterocycles. The quantitative estimate of drug-likeness (QED) is 0.708. The predicted octanol–water partition coefficient (Wildman–Crippen LogP) is 2.64. The average molecular weight is 424 g/mol. The summed E-state index contributed by atoms with van der Waals surface area (Å²) in [5.41, 5.74) is -0.0246. The van der Waals surface area contributed by atoms with Crippen molar-refractivity contribution in [3.63, 3.8) is 0 Å². The zero-order valence-corrected chi connectivity index (χ0v) is 17.3. The third kappa shape index (κ3) is 6.53. The lowest BCUT2D eigenvalue weighted by molar-refractivity contribution is -0.184. The highest BCUT2D eigenvalue weighted by molar-refractivity contribution is 5.85. The summed E-state index contributed by atoms with van der Waals surface area (Å²) in [6.07, 6.45) is -4.02. The van der Waals surface area contributed by atoms with Gasteiger partial charge in [0.05, 0.1) is 7.11 Å². The first-order valence-corrected chi connectivity index (χ1v) is 9.07. The summed E-state index contributed by atoms with van der Waals surface area (Å²) < 4.78 is 45.7. The van der Waals surface area contributed by atoms with Crippen molar-refractivity contribution in [3.8, 4) is 5.75 Å². The molecule has 1 saturated heterocycles. The molecule has 1 aromatic rings. The maximum atomic E-state index is 13.5. The molecule has 0 aromatic heterocycles. The van der Waals surface area contributed by atoms with E-state index in [2.05, 4.69) is 10.6 Å². The van der Waals surface area contributed by atoms with Crippen molar-refractivity contribution in [2.75, 3.05) is 39.8 Å². The Hall–Kier alpha value is -1.51. The second-order valence-corrected chi connectivity index (χ2v) is 7.43. The van der Waals surface area contributed by atoms with Gasteiger partial charge in [-0.2, -0.15) is 13.2 Å². The SMILES string of the molecule is COc1ccccc1CC(C)(C)C(=O)NCC(N1CCNCC1)C(F)(F)F.Cl. The van der Waals surface area contributed by atoms with E-state index in [-0.39, 0.29) is 12.4 Å². The maximum Gasteiger partial charge on any atom is 0.405 e. The summed E-state index contributed by atoms with van der Waals surface area (Å²) >= 11 is 0. The van der Waals surface area contributed by atoms with Gasteiger partial charge in [0, 0.05) is 38.1 Å². The van der Waals surface area contributed by atoms with Gasteiger partial charge in [-0.05, 0) is 18.1 Å². The summed E-state index contributed by atoms with van der Waals surface area (Å²) in [5, 5.41) is 5.56. The van der Waals surface area contributed by atoms with Crippen LogP contribution in [0.2, 0.25) is 0 Å². The summed E-state index contributed by atoms with van der Waals surface area (Å²) in [6, 6.07) is 5.65. The molecule has 1 fully saturated rings. The van der Waals surface area contributed by atoms with Crippen molar-refractivity contribution in [1.29, 1.82) is 0 Å². The molecule has 28 heavy (non-hydrogen) atoms. The Labute approximate surface area is 170 Å². The minimum absolute atomic E-state index is 0. The Bertz CT molecular complexity index is 635. The predicted molar refractivity (Wildman–Crippen MR) is 105 cm³/mol. The number of benzene rings is 1. The van der Waals surface area contributed by atoms with Gasteiger partial charge in [0.25, 0.3) is 0 Å². The first kappa shape index (κ1) is 24.5. The van der Waals surface area contributed by atoms with E-state index in [9.17, 15) is 18.0 Å². The molecule has 0 aliphatic carbocycles. The first-order valence-electron chi connectivity index (χ1n) is 9.07. The lowest BCUT2D eigenvalue weighted by Crippen LogP contribution is -2.58. The number of hydrogen-bond acceptors (Lipinski definition) is 4. The lowest BCUT2D eigenvalue weighted by atomic mass is 9.84. The second kappa shape index (κ2) is 10.3. The van der Waals surface area contributed by atoms with Crippen LogP contribution < -0.4 is 15.4 Å². The number of carbonyl (C=O) groups is 1. The molecule has 0 spiro atoms. The van der Waals surface area contributed by atoms with Crippen molar-refractivity contribution in [2.24, 2.45) is 5.41 Å². The number of nitrogens with zero attached hydrogens (tertiary/aromatic N) is 1. The molecule has 1 heterocycles. The van der Waals surface area contributed by atoms with Crippen LogP contribution in [-0.2, 0) is 11.2 Å². The van der Waals surface area contributed by atoms with E-state index in [1.54, 1.807) is 27.0 Å². The zero-order chi connectivity index (χ0) is 20.1. The van der Waals surface area contributed by atoms with Crippen molar-refractivity contribution >= 4 is 18.3 Å². The minimum atomic E-state index is -4.39. The van der Waals surface area contributed by atoms with Crippen LogP contribution in [-0.4, -0.2) is 62.9 Å². The number of piperazine rings is 1. The Kier molecular flexibility index (Phi) is 9.04. The van der Waals surface area contributed by atoms with Crippen molar-refractivity contribution in [2.45, 2.75) is 32.5 Å². The number of carbonyl (C=O) groups excluding carboxylic acids is 1. The molecule has 0 bridgehead atoms. The maximum absolute atomic E-state index is 13.5. The lowest BCUT2D eigenvalue weighted by Gasteiger charge is -2.36. The monoisotopic (exact) mass is 423 g/mol. The van der Waals surface area contributed by atoms with Crippen LogP contribution >= 0.6 is 12.4 Å². The molecular formula is C19H29ClF3N3O2. The largest absolute Gasteiger partial charge is 0.496 e. The highest BCUT2D eigenvalue weighted by atomic mass is 35.5. The highest BCUT2D eigenvalue weighted by Crippen LogP contribution is 2.29. The molecule has 2 N–H and O–H groups in total. The van der Waals surface area contributed by atoms with Crippen molar-refractivity contribution in [1.82, 2.24) is 15.5 Å². The molecule has 5 nitrogen and oxygen atoms in total. The fourth-order valence-corrected chi connectivity index (χ4v) is 3.28. The van der Waals surface area contributed by atoms with Crippen molar-refractivity contribution < 1.29 is 22.7 Å². The van der Waals surface area contributed by atoms with E-state index in [1.165, 1.54) is 4.90 Å². The number of ether oxygens (including phenoxy) is 1. The Morgan fingerprint density at radius 3 is 2.43 bits per heavy atom. The van der Waals surface area contributed by atoms with E-state index in [4.69, 9.17) is 4.74 Å². The van der Waals surface area contributed by atoms with Gasteiger partial charge in [-0.3, -0.25) is 9.69 Å². The van der Waals surface area contributed by atoms with E-state index >= 15 is 0 Å². The van der Waals surface area contributed by atoms with Crippen molar-refractivity contribution in [3.05, 3.63) is 29.8 Å². The minimum Gasteiger partial charge on any atom is -0.496 e. The molecule has 1 atom stereocenters. The van der Waals surface area contributed by atoms with Crippen LogP contribution in [0.15, 0.2) is 24.3 Å². The topological polar surface area (TPSA) is 53.6 Å². The summed E-state index contributed by atoms with van der Waals surface area (Å²) in [5.74, 6) is 0.255. The van der Waals surface area contributed by atoms with E-state index < -0.39 is 30.1 Å². The first-order chi connectivity index (χ1) is 12.6. The Balaban J connectivity index is 0.00000392. The number of amides is 1. The third-order valence-electron chi connectivity index (χ3n) is 4.87. The van der Waals surface area contributed by atoms with Gasteiger partial charge in [-0.25, -0.2) is 0 Å². The van der Waals surface area contributed by atoms with Gasteiger partial charge < -0.3 is 15.4 Å². The van der Waals surface area contributed by atoms with Crippen LogP contribution in [0.3, 0.4) is 0 Å². The summed E-state index contributed by atoms with van der Waals surface area (Å²) in [7, 11) is 1.55. The summed E-state index contributed by atoms with van der Waals surface area (Å²) in [6.45, 7) is 4.65. The number of rotatable bonds is 7. The summed E-state index contributed by atoms with van der Waals surface area (Å²) in [4.78, 5) is 14.0. The van der Waals surface area contributed by atoms with Gasteiger partial charge in [0.15, 0.2) is 0 Å². The molecule has 1 aromatic carbocycles. The van der Waals surface area contributed by atoms with E-state index in [0.29, 0.717) is 38.3 Å². The van der Waals surface area contributed by atoms with Gasteiger partial charge in [0.1, 0.15) is 11.8 Å². The van der Waals surface area contributed by atoms with Crippen LogP contribution in [0.25, 0.3) is 0 Å². The molecule has 2 rings (SSSR count). The fraction of sp³-hybridized carbons (Fsp3) is 0.632. The van der Waals surface area contributed by atoms with Crippen LogP contribution in [0.5, 0.6) is 5.75 Å². The third-order valence-corrected chi connectivity index (χ3v) is 4.87. The highest BCUT2D eigenvalue weighted by Gasteiger charge is 2.44. The second-order valence-electron chi connectivity index (χ2n) is 7.43. The Morgan fingerprint density at radius 1 is 1.25 bits per heavy atom. The molecule has 0 radical (unpaired) electrons. The smallest absolute Gasteiger partial charge is 0.405 e. The number of halogens is 4. The van der Waals surface area contributed by atoms with Gasteiger partial charge in [0.2, 0.25) is 5.91 Å². The molecule has 0 saturated carbocycles. The molecular weight excluding hydrogens is 395 g/mol. The number of methoxy groups -OCH3 is 1. The molecule has 1 amide bonds. The normalized spacial score (nSPS) is 16.8. The average Bonchev–Trinajstić information content (AvgIpc) is 2.61. The molecule has 160 valence electrons. The molecule has 1 unspecified atom stereocenters. The number of para-hydroxylation sites is 1. The van der Waals surface area contributed by atoms with E-state index in [1.807, 2.05) is 18.2 Å². The van der Waals surface area contributed by atoms with Gasteiger partial charge in [-0.1, -0.05) is 32.0 Å². The fourth-order valence-electron chi connectivity index (χ4n) is 3.28. The van der Waals surface area contributed by atoms with Crippen LogP contribution in [0, 0.1) is 5.41 Å². The number of nitrogens with one attached hydrogen (secondary N) is 2. The number of hydrogen-bond donors (Lipinski definition) is 2.